The Balaban J connectivity index is 1.70. The zero-order chi connectivity index (χ0) is 30.3. The quantitative estimate of drug-likeness (QED) is 0.237. The maximum absolute atomic E-state index is 14.3. The van der Waals surface area contributed by atoms with Gasteiger partial charge in [-0.25, -0.2) is 13.2 Å². The van der Waals surface area contributed by atoms with Gasteiger partial charge in [0.1, 0.15) is 0 Å². The lowest BCUT2D eigenvalue weighted by molar-refractivity contribution is 0.167. The molecule has 0 radical (unpaired) electrons. The topological polar surface area (TPSA) is 91.4 Å². The van der Waals surface area contributed by atoms with E-state index < -0.39 is 10.0 Å². The van der Waals surface area contributed by atoms with Gasteiger partial charge in [-0.15, -0.1) is 0 Å². The van der Waals surface area contributed by atoms with E-state index in [1.807, 2.05) is 35.4 Å². The van der Waals surface area contributed by atoms with Gasteiger partial charge in [-0.2, -0.15) is 0 Å². The number of amides is 2. The average Bonchev–Trinajstić information content (AvgIpc) is 2.98. The van der Waals surface area contributed by atoms with E-state index in [2.05, 4.69) is 62.0 Å². The number of pyridine rings is 1. The standard InChI is InChI=1S/C34H46N4O3S/c1-6-42(40,41)37-28-18-16-27(17-19-28)23-38(24-34(20-9-7-10-21-34)31-15-8-11-22-35-31)33(39)36-32-29(25(2)3)13-12-14-30(32)26(4)5/h8,11-19,22,25-26,37H,6-7,9-10,20-21,23-24H2,1-5H3,(H,36,39). The lowest BCUT2D eigenvalue weighted by Crippen LogP contribution is -2.46. The second-order valence-corrected chi connectivity index (χ2v) is 14.2. The number of para-hydroxylation sites is 1. The molecule has 0 aliphatic heterocycles. The zero-order valence-electron chi connectivity index (χ0n) is 25.7. The van der Waals surface area contributed by atoms with E-state index in [-0.39, 0.29) is 29.0 Å². The first kappa shape index (κ1) is 31.5. The Morgan fingerprint density at radius 2 is 1.55 bits per heavy atom. The summed E-state index contributed by atoms with van der Waals surface area (Å²) in [4.78, 5) is 21.0. The first-order valence-electron chi connectivity index (χ1n) is 15.2. The summed E-state index contributed by atoms with van der Waals surface area (Å²) in [6.07, 6.45) is 7.20. The summed E-state index contributed by atoms with van der Waals surface area (Å²) >= 11 is 0. The van der Waals surface area contributed by atoms with Crippen LogP contribution in [-0.4, -0.2) is 36.6 Å². The zero-order valence-corrected chi connectivity index (χ0v) is 26.5. The Morgan fingerprint density at radius 3 is 2.10 bits per heavy atom. The fourth-order valence-corrected chi connectivity index (χ4v) is 6.64. The Labute approximate surface area is 252 Å². The highest BCUT2D eigenvalue weighted by Crippen LogP contribution is 2.40. The molecule has 42 heavy (non-hydrogen) atoms. The van der Waals surface area contributed by atoms with Crippen LogP contribution < -0.4 is 10.0 Å². The highest BCUT2D eigenvalue weighted by molar-refractivity contribution is 7.92. The molecule has 1 saturated carbocycles. The average molecular weight is 591 g/mol. The molecule has 2 aromatic carbocycles. The Hall–Kier alpha value is -3.39. The number of anilines is 2. The summed E-state index contributed by atoms with van der Waals surface area (Å²) in [5, 5.41) is 3.35. The molecule has 2 N–H and O–H groups in total. The van der Waals surface area contributed by atoms with Crippen LogP contribution in [0.4, 0.5) is 16.2 Å². The largest absolute Gasteiger partial charge is 0.322 e. The molecule has 4 rings (SSSR count). The van der Waals surface area contributed by atoms with Gasteiger partial charge < -0.3 is 10.2 Å². The van der Waals surface area contributed by atoms with Crippen molar-refractivity contribution < 1.29 is 13.2 Å². The van der Waals surface area contributed by atoms with Gasteiger partial charge in [-0.3, -0.25) is 9.71 Å². The molecule has 0 atom stereocenters. The second kappa shape index (κ2) is 13.7. The number of urea groups is 1. The third-order valence-electron chi connectivity index (χ3n) is 8.39. The number of nitrogens with one attached hydrogen (secondary N) is 2. The van der Waals surface area contributed by atoms with Crippen LogP contribution in [0.3, 0.4) is 0 Å². The van der Waals surface area contributed by atoms with E-state index in [4.69, 9.17) is 4.98 Å². The van der Waals surface area contributed by atoms with Crippen molar-refractivity contribution in [3.63, 3.8) is 0 Å². The van der Waals surface area contributed by atoms with Crippen molar-refractivity contribution in [3.8, 4) is 0 Å². The number of sulfonamides is 1. The molecular weight excluding hydrogens is 544 g/mol. The van der Waals surface area contributed by atoms with Gasteiger partial charge in [0.05, 0.1) is 5.75 Å². The second-order valence-electron chi connectivity index (χ2n) is 12.2. The molecule has 0 unspecified atom stereocenters. The molecule has 1 aliphatic carbocycles. The summed E-state index contributed by atoms with van der Waals surface area (Å²) in [5.74, 6) is 0.518. The van der Waals surface area contributed by atoms with Crippen LogP contribution >= 0.6 is 0 Å². The molecule has 1 heterocycles. The highest BCUT2D eigenvalue weighted by atomic mass is 32.2. The molecule has 1 aromatic heterocycles. The van der Waals surface area contributed by atoms with Gasteiger partial charge in [0, 0.05) is 41.8 Å². The molecule has 3 aromatic rings. The summed E-state index contributed by atoms with van der Waals surface area (Å²) in [7, 11) is -3.37. The van der Waals surface area contributed by atoms with E-state index in [1.54, 1.807) is 19.1 Å². The fraction of sp³-hybridized carbons (Fsp3) is 0.471. The van der Waals surface area contributed by atoms with Crippen molar-refractivity contribution >= 4 is 27.4 Å². The molecule has 1 fully saturated rings. The van der Waals surface area contributed by atoms with Gasteiger partial charge in [0.15, 0.2) is 0 Å². The first-order chi connectivity index (χ1) is 20.0. The van der Waals surface area contributed by atoms with Crippen LogP contribution in [0.1, 0.15) is 101 Å². The molecule has 0 spiro atoms. The smallest absolute Gasteiger partial charge is 0.319 e. The molecule has 7 nitrogen and oxygen atoms in total. The van der Waals surface area contributed by atoms with Crippen LogP contribution in [0.5, 0.6) is 0 Å². The normalized spacial score (nSPS) is 15.0. The predicted molar refractivity (Wildman–Crippen MR) is 173 cm³/mol. The lowest BCUT2D eigenvalue weighted by Gasteiger charge is -2.41. The van der Waals surface area contributed by atoms with E-state index in [0.29, 0.717) is 18.8 Å². The van der Waals surface area contributed by atoms with Gasteiger partial charge in [-0.1, -0.05) is 83.4 Å². The van der Waals surface area contributed by atoms with Gasteiger partial charge in [-0.05, 0) is 72.6 Å². The minimum atomic E-state index is -3.37. The van der Waals surface area contributed by atoms with Crippen molar-refractivity contribution in [2.75, 3.05) is 22.3 Å². The molecule has 226 valence electrons. The van der Waals surface area contributed by atoms with Crippen LogP contribution in [0.2, 0.25) is 0 Å². The van der Waals surface area contributed by atoms with Crippen LogP contribution in [0, 0.1) is 0 Å². The maximum Gasteiger partial charge on any atom is 0.322 e. The Bertz CT molecular complexity index is 1410. The SMILES string of the molecule is CCS(=O)(=O)Nc1ccc(CN(CC2(c3ccccn3)CCCCC2)C(=O)Nc2c(C(C)C)cccc2C(C)C)cc1. The number of carbonyl (C=O) groups excluding carboxylic acids is 1. The number of rotatable bonds is 11. The number of carbonyl (C=O) groups is 1. The predicted octanol–water partition coefficient (Wildman–Crippen LogP) is 8.03. The van der Waals surface area contributed by atoms with Crippen LogP contribution in [0.15, 0.2) is 66.9 Å². The van der Waals surface area contributed by atoms with E-state index >= 15 is 0 Å². The number of hydrogen-bond donors (Lipinski definition) is 2. The Kier molecular flexibility index (Phi) is 10.3. The summed E-state index contributed by atoms with van der Waals surface area (Å²) in [5.41, 5.74) is 5.40. The molecule has 8 heteroatoms. The first-order valence-corrected chi connectivity index (χ1v) is 16.9. The maximum atomic E-state index is 14.3. The highest BCUT2D eigenvalue weighted by Gasteiger charge is 2.38. The van der Waals surface area contributed by atoms with E-state index in [1.165, 1.54) is 6.42 Å². The molecule has 2 amide bonds. The number of benzene rings is 2. The van der Waals surface area contributed by atoms with Gasteiger partial charge in [0.2, 0.25) is 10.0 Å². The van der Waals surface area contributed by atoms with Crippen LogP contribution in [0.25, 0.3) is 0 Å². The lowest BCUT2D eigenvalue weighted by atomic mass is 9.71. The van der Waals surface area contributed by atoms with Crippen molar-refractivity contribution in [1.82, 2.24) is 9.88 Å². The van der Waals surface area contributed by atoms with Crippen molar-refractivity contribution in [3.05, 3.63) is 89.2 Å². The van der Waals surface area contributed by atoms with Gasteiger partial charge >= 0.3 is 6.03 Å². The number of aromatic nitrogens is 1. The van der Waals surface area contributed by atoms with Crippen molar-refractivity contribution in [2.45, 2.75) is 90.5 Å². The third kappa shape index (κ3) is 7.71. The van der Waals surface area contributed by atoms with Crippen molar-refractivity contribution in [2.24, 2.45) is 0 Å². The fourth-order valence-electron chi connectivity index (χ4n) is 6.00. The van der Waals surface area contributed by atoms with E-state index in [9.17, 15) is 13.2 Å². The third-order valence-corrected chi connectivity index (χ3v) is 9.69. The molecule has 1 aliphatic rings. The monoisotopic (exact) mass is 590 g/mol. The molecule has 0 saturated heterocycles. The number of nitrogens with zero attached hydrogens (tertiary/aromatic N) is 2. The van der Waals surface area contributed by atoms with E-state index in [0.717, 1.165) is 53.8 Å². The Morgan fingerprint density at radius 1 is 0.905 bits per heavy atom. The molecular formula is C34H46N4O3S. The summed E-state index contributed by atoms with van der Waals surface area (Å²) in [6.45, 7) is 11.2. The minimum Gasteiger partial charge on any atom is -0.319 e. The minimum absolute atomic E-state index is 0.00845. The summed E-state index contributed by atoms with van der Waals surface area (Å²) < 4.78 is 26.7. The number of hydrogen-bond acceptors (Lipinski definition) is 4. The molecule has 0 bridgehead atoms. The van der Waals surface area contributed by atoms with Crippen molar-refractivity contribution in [1.29, 1.82) is 0 Å². The summed E-state index contributed by atoms with van der Waals surface area (Å²) in [6, 6.07) is 19.5. The van der Waals surface area contributed by atoms with Gasteiger partial charge in [0.25, 0.3) is 0 Å². The van der Waals surface area contributed by atoms with Crippen LogP contribution in [-0.2, 0) is 22.0 Å².